The maximum atomic E-state index is 11.4. The minimum atomic E-state index is -0.702. The number of benzene rings is 3. The maximum Gasteiger partial charge on any atom is 0.302 e. The number of carbonyl (C=O) groups is 2. The van der Waals surface area contributed by atoms with E-state index < -0.39 is 18.0 Å². The highest BCUT2D eigenvalue weighted by Crippen LogP contribution is 2.41. The fourth-order valence-corrected chi connectivity index (χ4v) is 4.95. The SMILES string of the molecule is CNc1nc(N(c2ccc(OC)cc2)C(c2ccccc2)c2ccccc2)c2ncn(COC(COC(C)=O)COC(C)=O)c2n1. The van der Waals surface area contributed by atoms with E-state index in [1.54, 1.807) is 25.1 Å². The molecular weight excluding hydrogens is 588 g/mol. The fraction of sp³-hybridized carbons (Fsp3) is 0.265. The summed E-state index contributed by atoms with van der Waals surface area (Å²) in [6, 6.07) is 27.9. The first kappa shape index (κ1) is 31.9. The van der Waals surface area contributed by atoms with Crippen LogP contribution in [-0.4, -0.2) is 64.9 Å². The topological polar surface area (TPSA) is 130 Å². The Labute approximate surface area is 266 Å². The molecule has 0 bridgehead atoms. The number of nitrogens with one attached hydrogen (secondary N) is 1. The van der Waals surface area contributed by atoms with Gasteiger partial charge < -0.3 is 29.2 Å². The first-order valence-corrected chi connectivity index (χ1v) is 14.7. The number of ether oxygens (including phenoxy) is 4. The van der Waals surface area contributed by atoms with E-state index in [4.69, 9.17) is 33.9 Å². The lowest BCUT2D eigenvalue weighted by atomic mass is 9.96. The minimum Gasteiger partial charge on any atom is -0.497 e. The van der Waals surface area contributed by atoms with Crippen molar-refractivity contribution in [2.45, 2.75) is 32.7 Å². The highest BCUT2D eigenvalue weighted by Gasteiger charge is 2.29. The van der Waals surface area contributed by atoms with Crippen LogP contribution in [-0.2, 0) is 30.5 Å². The highest BCUT2D eigenvalue weighted by atomic mass is 16.6. The average Bonchev–Trinajstić information content (AvgIpc) is 3.50. The predicted molar refractivity (Wildman–Crippen MR) is 173 cm³/mol. The summed E-state index contributed by atoms with van der Waals surface area (Å²) >= 11 is 0. The second-order valence-electron chi connectivity index (χ2n) is 10.3. The van der Waals surface area contributed by atoms with Crippen LogP contribution in [0.25, 0.3) is 11.2 Å². The Hall–Kier alpha value is -5.49. The number of imidazole rings is 1. The van der Waals surface area contributed by atoms with Gasteiger partial charge in [-0.05, 0) is 35.4 Å². The summed E-state index contributed by atoms with van der Waals surface area (Å²) in [5, 5.41) is 3.08. The molecule has 0 aliphatic rings. The van der Waals surface area contributed by atoms with Crippen molar-refractivity contribution in [2.24, 2.45) is 0 Å². The number of methoxy groups -OCH3 is 1. The zero-order valence-electron chi connectivity index (χ0n) is 26.1. The van der Waals surface area contributed by atoms with Gasteiger partial charge in [-0.25, -0.2) is 4.98 Å². The zero-order valence-corrected chi connectivity index (χ0v) is 26.1. The van der Waals surface area contributed by atoms with Crippen molar-refractivity contribution in [3.05, 3.63) is 102 Å². The second kappa shape index (κ2) is 15.0. The molecule has 5 aromatic rings. The Kier molecular flexibility index (Phi) is 10.4. The van der Waals surface area contributed by atoms with Crippen LogP contribution in [0.4, 0.5) is 17.5 Å². The Morgan fingerprint density at radius 2 is 1.43 bits per heavy atom. The summed E-state index contributed by atoms with van der Waals surface area (Å²) in [6.45, 7) is 2.43. The zero-order chi connectivity index (χ0) is 32.5. The van der Waals surface area contributed by atoms with Crippen molar-refractivity contribution < 1.29 is 28.5 Å². The molecular formula is C34H36N6O6. The third-order valence-electron chi connectivity index (χ3n) is 7.13. The third-order valence-corrected chi connectivity index (χ3v) is 7.13. The summed E-state index contributed by atoms with van der Waals surface area (Å²) in [5.41, 5.74) is 3.99. The van der Waals surface area contributed by atoms with Crippen LogP contribution in [0.1, 0.15) is 31.0 Å². The van der Waals surface area contributed by atoms with Crippen LogP contribution in [0.2, 0.25) is 0 Å². The first-order chi connectivity index (χ1) is 22.4. The lowest BCUT2D eigenvalue weighted by molar-refractivity contribution is -0.154. The Balaban J connectivity index is 1.63. The fourth-order valence-electron chi connectivity index (χ4n) is 4.95. The van der Waals surface area contributed by atoms with Crippen molar-refractivity contribution in [3.8, 4) is 5.75 Å². The second-order valence-corrected chi connectivity index (χ2v) is 10.3. The Bertz CT molecular complexity index is 1690. The molecule has 2 aromatic heterocycles. The van der Waals surface area contributed by atoms with E-state index in [0.29, 0.717) is 22.9 Å². The van der Waals surface area contributed by atoms with E-state index in [2.05, 4.69) is 34.5 Å². The molecule has 0 radical (unpaired) electrons. The van der Waals surface area contributed by atoms with Crippen LogP contribution in [0.15, 0.2) is 91.3 Å². The van der Waals surface area contributed by atoms with Gasteiger partial charge in [0.2, 0.25) is 5.95 Å². The predicted octanol–water partition coefficient (Wildman–Crippen LogP) is 5.27. The third kappa shape index (κ3) is 7.59. The number of hydrogen-bond donors (Lipinski definition) is 1. The molecule has 0 atom stereocenters. The molecule has 5 rings (SSSR count). The van der Waals surface area contributed by atoms with Crippen LogP contribution in [0, 0.1) is 0 Å². The lowest BCUT2D eigenvalue weighted by Gasteiger charge is -2.34. The van der Waals surface area contributed by atoms with Gasteiger partial charge in [-0.3, -0.25) is 14.2 Å². The average molecular weight is 625 g/mol. The van der Waals surface area contributed by atoms with Crippen molar-refractivity contribution >= 4 is 40.6 Å². The van der Waals surface area contributed by atoms with Gasteiger partial charge in [-0.2, -0.15) is 9.97 Å². The minimum absolute atomic E-state index is 0.00730. The van der Waals surface area contributed by atoms with E-state index >= 15 is 0 Å². The summed E-state index contributed by atoms with van der Waals surface area (Å²) in [5.74, 6) is 0.726. The van der Waals surface area contributed by atoms with Crippen molar-refractivity contribution in [1.82, 2.24) is 19.5 Å². The van der Waals surface area contributed by atoms with Crippen molar-refractivity contribution in [2.75, 3.05) is 37.6 Å². The normalized spacial score (nSPS) is 11.1. The summed E-state index contributed by atoms with van der Waals surface area (Å²) in [6.07, 6.45) is 0.912. The number of fused-ring (bicyclic) bond motifs is 1. The molecule has 238 valence electrons. The molecule has 0 amide bonds. The summed E-state index contributed by atoms with van der Waals surface area (Å²) < 4.78 is 23.5. The van der Waals surface area contributed by atoms with E-state index in [9.17, 15) is 9.59 Å². The van der Waals surface area contributed by atoms with Gasteiger partial charge in [-0.15, -0.1) is 0 Å². The van der Waals surface area contributed by atoms with Gasteiger partial charge in [0.05, 0.1) is 19.5 Å². The van der Waals surface area contributed by atoms with Gasteiger partial charge in [0, 0.05) is 26.6 Å². The van der Waals surface area contributed by atoms with Crippen LogP contribution < -0.4 is 15.0 Å². The van der Waals surface area contributed by atoms with E-state index in [1.165, 1.54) is 13.8 Å². The molecule has 2 heterocycles. The van der Waals surface area contributed by atoms with Gasteiger partial charge in [0.25, 0.3) is 0 Å². The van der Waals surface area contributed by atoms with E-state index in [0.717, 1.165) is 22.6 Å². The quantitative estimate of drug-likeness (QED) is 0.162. The number of esters is 2. The molecule has 3 aromatic carbocycles. The number of hydrogen-bond acceptors (Lipinski definition) is 11. The number of anilines is 3. The Morgan fingerprint density at radius 1 is 0.848 bits per heavy atom. The van der Waals surface area contributed by atoms with Gasteiger partial charge in [0.15, 0.2) is 17.0 Å². The molecule has 0 spiro atoms. The van der Waals surface area contributed by atoms with Crippen LogP contribution in [0.5, 0.6) is 5.75 Å². The number of nitrogens with zero attached hydrogens (tertiary/aromatic N) is 5. The lowest BCUT2D eigenvalue weighted by Crippen LogP contribution is -2.28. The van der Waals surface area contributed by atoms with Crippen molar-refractivity contribution in [1.29, 1.82) is 0 Å². The Morgan fingerprint density at radius 3 is 1.96 bits per heavy atom. The highest BCUT2D eigenvalue weighted by molar-refractivity contribution is 5.88. The standard InChI is InChI=1S/C34H36N6O6/c1-23(41)44-19-29(20-45-24(2)42)46-22-39-21-36-30-32(39)37-34(35-3)38-33(30)40(27-15-17-28(43-4)18-16-27)31(25-11-7-5-8-12-25)26-13-9-6-10-14-26/h5-18,21,29,31H,19-20,22H2,1-4H3,(H,35,37,38). The van der Waals surface area contributed by atoms with Gasteiger partial charge in [0.1, 0.15) is 31.8 Å². The summed E-state index contributed by atoms with van der Waals surface area (Å²) in [4.78, 5) is 39.5. The van der Waals surface area contributed by atoms with E-state index in [1.807, 2.05) is 60.7 Å². The monoisotopic (exact) mass is 624 g/mol. The number of rotatable bonds is 14. The largest absolute Gasteiger partial charge is 0.497 e. The molecule has 0 aliphatic heterocycles. The molecule has 46 heavy (non-hydrogen) atoms. The van der Waals surface area contributed by atoms with Crippen molar-refractivity contribution in [3.63, 3.8) is 0 Å². The number of carbonyl (C=O) groups excluding carboxylic acids is 2. The van der Waals surface area contributed by atoms with Gasteiger partial charge >= 0.3 is 11.9 Å². The first-order valence-electron chi connectivity index (χ1n) is 14.7. The molecule has 12 heteroatoms. The molecule has 1 N–H and O–H groups in total. The molecule has 0 saturated heterocycles. The summed E-state index contributed by atoms with van der Waals surface area (Å²) in [7, 11) is 3.38. The van der Waals surface area contributed by atoms with E-state index in [-0.39, 0.29) is 26.0 Å². The molecule has 0 aliphatic carbocycles. The molecule has 0 saturated carbocycles. The molecule has 0 unspecified atom stereocenters. The van der Waals surface area contributed by atoms with Crippen LogP contribution in [0.3, 0.4) is 0 Å². The van der Waals surface area contributed by atoms with Gasteiger partial charge in [-0.1, -0.05) is 60.7 Å². The number of aromatic nitrogens is 4. The van der Waals surface area contributed by atoms with Crippen LogP contribution >= 0.6 is 0 Å². The molecule has 12 nitrogen and oxygen atoms in total. The smallest absolute Gasteiger partial charge is 0.302 e. The molecule has 0 fully saturated rings. The maximum absolute atomic E-state index is 11.4.